The van der Waals surface area contributed by atoms with Crippen molar-refractivity contribution in [2.45, 2.75) is 20.0 Å². The van der Waals surface area contributed by atoms with Crippen molar-refractivity contribution in [2.24, 2.45) is 5.73 Å². The predicted molar refractivity (Wildman–Crippen MR) is 73.2 cm³/mol. The molecule has 4 nitrogen and oxygen atoms in total. The fourth-order valence-electron chi connectivity index (χ4n) is 1.88. The Morgan fingerprint density at radius 3 is 2.61 bits per heavy atom. The Morgan fingerprint density at radius 1 is 1.22 bits per heavy atom. The molecule has 2 aromatic rings. The van der Waals surface area contributed by atoms with Gasteiger partial charge in [-0.15, -0.1) is 5.10 Å². The number of anilines is 1. The van der Waals surface area contributed by atoms with E-state index in [1.165, 1.54) is 11.1 Å². The third-order valence-corrected chi connectivity index (χ3v) is 2.92. The summed E-state index contributed by atoms with van der Waals surface area (Å²) in [5, 5.41) is 8.11. The summed E-state index contributed by atoms with van der Waals surface area (Å²) in [6, 6.07) is 10.2. The first kappa shape index (κ1) is 12.5. The van der Waals surface area contributed by atoms with Crippen LogP contribution in [0.15, 0.2) is 36.5 Å². The van der Waals surface area contributed by atoms with Gasteiger partial charge in [0.15, 0.2) is 5.82 Å². The van der Waals surface area contributed by atoms with Crippen molar-refractivity contribution >= 4 is 5.82 Å². The fourth-order valence-corrected chi connectivity index (χ4v) is 1.88. The molecule has 0 fully saturated rings. The Labute approximate surface area is 107 Å². The second kappa shape index (κ2) is 5.60. The standard InChI is InChI=1S/C14H18N4/c1-11-7-14(17-16-9-11)18(2)10-13-6-4-3-5-12(13)8-15/h3-7,9H,8,10,15H2,1-2H3. The zero-order chi connectivity index (χ0) is 13.0. The van der Waals surface area contributed by atoms with Gasteiger partial charge in [0.05, 0.1) is 6.20 Å². The number of aryl methyl sites for hydroxylation is 1. The Balaban J connectivity index is 2.18. The van der Waals surface area contributed by atoms with E-state index in [-0.39, 0.29) is 0 Å². The lowest BCUT2D eigenvalue weighted by molar-refractivity contribution is 0.849. The number of hydrogen-bond donors (Lipinski definition) is 1. The summed E-state index contributed by atoms with van der Waals surface area (Å²) in [6.07, 6.45) is 1.76. The van der Waals surface area contributed by atoms with Crippen LogP contribution >= 0.6 is 0 Å². The van der Waals surface area contributed by atoms with Crippen molar-refractivity contribution in [1.29, 1.82) is 0 Å². The molecule has 0 aliphatic heterocycles. The molecule has 1 heterocycles. The second-order valence-electron chi connectivity index (χ2n) is 4.42. The largest absolute Gasteiger partial charge is 0.354 e. The van der Waals surface area contributed by atoms with E-state index in [1.807, 2.05) is 32.2 Å². The molecule has 0 spiro atoms. The monoisotopic (exact) mass is 242 g/mol. The highest BCUT2D eigenvalue weighted by atomic mass is 15.2. The maximum absolute atomic E-state index is 5.74. The number of aromatic nitrogens is 2. The third-order valence-electron chi connectivity index (χ3n) is 2.92. The molecule has 0 aliphatic rings. The summed E-state index contributed by atoms with van der Waals surface area (Å²) < 4.78 is 0. The van der Waals surface area contributed by atoms with Gasteiger partial charge in [-0.2, -0.15) is 5.10 Å². The van der Waals surface area contributed by atoms with Crippen LogP contribution in [-0.4, -0.2) is 17.2 Å². The maximum atomic E-state index is 5.74. The van der Waals surface area contributed by atoms with Crippen LogP contribution in [-0.2, 0) is 13.1 Å². The third kappa shape index (κ3) is 2.84. The Morgan fingerprint density at radius 2 is 1.94 bits per heavy atom. The zero-order valence-corrected chi connectivity index (χ0v) is 10.8. The van der Waals surface area contributed by atoms with Gasteiger partial charge in [-0.05, 0) is 29.7 Å². The predicted octanol–water partition coefficient (Wildman–Crippen LogP) is 1.88. The van der Waals surface area contributed by atoms with Crippen molar-refractivity contribution in [3.63, 3.8) is 0 Å². The lowest BCUT2D eigenvalue weighted by atomic mass is 10.1. The molecule has 1 aromatic heterocycles. The molecule has 18 heavy (non-hydrogen) atoms. The molecule has 0 bridgehead atoms. The van der Waals surface area contributed by atoms with Crippen molar-refractivity contribution < 1.29 is 0 Å². The molecular formula is C14H18N4. The molecule has 94 valence electrons. The van der Waals surface area contributed by atoms with E-state index in [4.69, 9.17) is 5.73 Å². The van der Waals surface area contributed by atoms with Crippen LogP contribution in [0.25, 0.3) is 0 Å². The zero-order valence-electron chi connectivity index (χ0n) is 10.8. The van der Waals surface area contributed by atoms with E-state index < -0.39 is 0 Å². The summed E-state index contributed by atoms with van der Waals surface area (Å²) in [7, 11) is 2.01. The number of rotatable bonds is 4. The summed E-state index contributed by atoms with van der Waals surface area (Å²) in [6.45, 7) is 3.36. The van der Waals surface area contributed by atoms with Crippen LogP contribution in [0.5, 0.6) is 0 Å². The van der Waals surface area contributed by atoms with Gasteiger partial charge >= 0.3 is 0 Å². The Kier molecular flexibility index (Phi) is 3.89. The van der Waals surface area contributed by atoms with Crippen LogP contribution < -0.4 is 10.6 Å². The van der Waals surface area contributed by atoms with Gasteiger partial charge < -0.3 is 10.6 Å². The SMILES string of the molecule is Cc1cnnc(N(C)Cc2ccccc2CN)c1. The van der Waals surface area contributed by atoms with Crippen molar-refractivity contribution in [1.82, 2.24) is 10.2 Å². The molecule has 2 N–H and O–H groups in total. The first-order valence-electron chi connectivity index (χ1n) is 5.98. The molecule has 0 saturated heterocycles. The molecule has 0 amide bonds. The van der Waals surface area contributed by atoms with E-state index in [9.17, 15) is 0 Å². The molecule has 2 rings (SSSR count). The van der Waals surface area contributed by atoms with Crippen molar-refractivity contribution in [3.8, 4) is 0 Å². The normalized spacial score (nSPS) is 10.4. The van der Waals surface area contributed by atoms with Crippen LogP contribution in [0.2, 0.25) is 0 Å². The van der Waals surface area contributed by atoms with E-state index in [0.29, 0.717) is 6.54 Å². The van der Waals surface area contributed by atoms with E-state index in [0.717, 1.165) is 17.9 Å². The molecule has 0 saturated carbocycles. The number of nitrogens with zero attached hydrogens (tertiary/aromatic N) is 3. The van der Waals surface area contributed by atoms with Gasteiger partial charge in [-0.3, -0.25) is 0 Å². The minimum atomic E-state index is 0.559. The van der Waals surface area contributed by atoms with Gasteiger partial charge in [-0.1, -0.05) is 24.3 Å². The van der Waals surface area contributed by atoms with E-state index in [1.54, 1.807) is 6.20 Å². The topological polar surface area (TPSA) is 55.0 Å². The van der Waals surface area contributed by atoms with Crippen LogP contribution in [0.4, 0.5) is 5.82 Å². The lowest BCUT2D eigenvalue weighted by Crippen LogP contribution is -2.19. The maximum Gasteiger partial charge on any atom is 0.151 e. The van der Waals surface area contributed by atoms with Crippen molar-refractivity contribution in [3.05, 3.63) is 53.2 Å². The highest BCUT2D eigenvalue weighted by molar-refractivity contribution is 5.40. The highest BCUT2D eigenvalue weighted by Gasteiger charge is 2.07. The summed E-state index contributed by atoms with van der Waals surface area (Å²) in [5.41, 5.74) is 9.25. The minimum absolute atomic E-state index is 0.559. The first-order valence-corrected chi connectivity index (χ1v) is 5.98. The summed E-state index contributed by atoms with van der Waals surface area (Å²) >= 11 is 0. The summed E-state index contributed by atoms with van der Waals surface area (Å²) in [5.74, 6) is 0.877. The number of benzene rings is 1. The lowest BCUT2D eigenvalue weighted by Gasteiger charge is -2.19. The highest BCUT2D eigenvalue weighted by Crippen LogP contribution is 2.15. The number of hydrogen-bond acceptors (Lipinski definition) is 4. The van der Waals surface area contributed by atoms with Crippen LogP contribution in [0, 0.1) is 6.92 Å². The average Bonchev–Trinajstić information content (AvgIpc) is 2.39. The number of nitrogens with two attached hydrogens (primary N) is 1. The second-order valence-corrected chi connectivity index (χ2v) is 4.42. The Hall–Kier alpha value is -1.94. The van der Waals surface area contributed by atoms with E-state index >= 15 is 0 Å². The quantitative estimate of drug-likeness (QED) is 0.889. The Bertz CT molecular complexity index is 525. The smallest absolute Gasteiger partial charge is 0.151 e. The van der Waals surface area contributed by atoms with E-state index in [2.05, 4.69) is 27.2 Å². The molecule has 0 atom stereocenters. The van der Waals surface area contributed by atoms with Gasteiger partial charge in [0.1, 0.15) is 0 Å². The molecule has 0 radical (unpaired) electrons. The van der Waals surface area contributed by atoms with Gasteiger partial charge in [0.2, 0.25) is 0 Å². The molecule has 1 aromatic carbocycles. The van der Waals surface area contributed by atoms with Crippen LogP contribution in [0.3, 0.4) is 0 Å². The molecule has 4 heteroatoms. The van der Waals surface area contributed by atoms with Gasteiger partial charge in [0.25, 0.3) is 0 Å². The fraction of sp³-hybridized carbons (Fsp3) is 0.286. The van der Waals surface area contributed by atoms with Gasteiger partial charge in [0, 0.05) is 20.1 Å². The average molecular weight is 242 g/mol. The summed E-state index contributed by atoms with van der Waals surface area (Å²) in [4.78, 5) is 2.08. The minimum Gasteiger partial charge on any atom is -0.354 e. The molecule has 0 unspecified atom stereocenters. The van der Waals surface area contributed by atoms with Gasteiger partial charge in [-0.25, -0.2) is 0 Å². The van der Waals surface area contributed by atoms with Crippen molar-refractivity contribution in [2.75, 3.05) is 11.9 Å². The first-order chi connectivity index (χ1) is 8.70. The molecular weight excluding hydrogens is 224 g/mol. The van der Waals surface area contributed by atoms with Crippen LogP contribution in [0.1, 0.15) is 16.7 Å². The molecule has 0 aliphatic carbocycles.